The van der Waals surface area contributed by atoms with Crippen LogP contribution in [0.15, 0.2) is 12.1 Å². The van der Waals surface area contributed by atoms with Gasteiger partial charge >= 0.3 is 0 Å². The number of hydrogen-bond donors (Lipinski definition) is 2. The first-order chi connectivity index (χ1) is 7.35. The Hall–Kier alpha value is -0.170. The van der Waals surface area contributed by atoms with Crippen molar-refractivity contribution in [1.82, 2.24) is 0 Å². The van der Waals surface area contributed by atoms with E-state index in [0.29, 0.717) is 14.9 Å². The van der Waals surface area contributed by atoms with Crippen LogP contribution in [0.2, 0.25) is 0 Å². The molecule has 0 heterocycles. The fourth-order valence-electron chi connectivity index (χ4n) is 1.10. The number of halogens is 2. The molecule has 0 saturated heterocycles. The van der Waals surface area contributed by atoms with Crippen LogP contribution in [0.1, 0.15) is 13.8 Å². The topological polar surface area (TPSA) is 38.0 Å². The van der Waals surface area contributed by atoms with Gasteiger partial charge in [0.1, 0.15) is 5.82 Å². The molecule has 1 aromatic carbocycles. The van der Waals surface area contributed by atoms with Crippen molar-refractivity contribution in [2.45, 2.75) is 18.6 Å². The van der Waals surface area contributed by atoms with Crippen molar-refractivity contribution in [2.75, 3.05) is 23.9 Å². The highest BCUT2D eigenvalue weighted by atomic mass is 127. The van der Waals surface area contributed by atoms with Gasteiger partial charge in [0.2, 0.25) is 0 Å². The molecule has 0 aliphatic carbocycles. The molecule has 90 valence electrons. The molecular formula is C11H16FIN2S. The quantitative estimate of drug-likeness (QED) is 0.641. The summed E-state index contributed by atoms with van der Waals surface area (Å²) in [6.07, 6.45) is 2.06. The Kier molecular flexibility index (Phi) is 4.73. The van der Waals surface area contributed by atoms with E-state index >= 15 is 0 Å². The summed E-state index contributed by atoms with van der Waals surface area (Å²) in [7, 11) is 0. The molecular weight excluding hydrogens is 338 g/mol. The van der Waals surface area contributed by atoms with Gasteiger partial charge in [-0.3, -0.25) is 0 Å². The summed E-state index contributed by atoms with van der Waals surface area (Å²) in [5.74, 6) is -0.237. The highest BCUT2D eigenvalue weighted by Crippen LogP contribution is 2.27. The molecule has 0 amide bonds. The molecule has 16 heavy (non-hydrogen) atoms. The second-order valence-electron chi connectivity index (χ2n) is 4.17. The van der Waals surface area contributed by atoms with Gasteiger partial charge in [-0.15, -0.1) is 0 Å². The van der Waals surface area contributed by atoms with Crippen LogP contribution in [0.3, 0.4) is 0 Å². The Bertz CT molecular complexity index is 382. The lowest BCUT2D eigenvalue weighted by Crippen LogP contribution is -2.26. The smallest absolute Gasteiger partial charge is 0.138 e. The SMILES string of the molecule is CSC(C)(C)CNc1cc(F)c(I)cc1N. The minimum absolute atomic E-state index is 0.103. The number of nitrogens with two attached hydrogens (primary N) is 1. The number of rotatable bonds is 4. The van der Waals surface area contributed by atoms with E-state index in [9.17, 15) is 4.39 Å². The van der Waals surface area contributed by atoms with Crippen molar-refractivity contribution in [2.24, 2.45) is 0 Å². The molecule has 0 aliphatic rings. The Balaban J connectivity index is 2.79. The van der Waals surface area contributed by atoms with Crippen LogP contribution in [0.25, 0.3) is 0 Å². The minimum Gasteiger partial charge on any atom is -0.397 e. The number of nitrogen functional groups attached to an aromatic ring is 1. The van der Waals surface area contributed by atoms with Gasteiger partial charge in [0.25, 0.3) is 0 Å². The zero-order chi connectivity index (χ0) is 12.3. The maximum atomic E-state index is 13.4. The van der Waals surface area contributed by atoms with Crippen LogP contribution in [0.4, 0.5) is 15.8 Å². The van der Waals surface area contributed by atoms with E-state index in [2.05, 4.69) is 25.4 Å². The Morgan fingerprint density at radius 1 is 1.50 bits per heavy atom. The van der Waals surface area contributed by atoms with Crippen LogP contribution in [0.5, 0.6) is 0 Å². The van der Waals surface area contributed by atoms with E-state index in [4.69, 9.17) is 5.73 Å². The summed E-state index contributed by atoms with van der Waals surface area (Å²) in [5.41, 5.74) is 7.07. The molecule has 0 fully saturated rings. The maximum absolute atomic E-state index is 13.4. The third kappa shape index (κ3) is 3.69. The number of hydrogen-bond acceptors (Lipinski definition) is 3. The number of thioether (sulfide) groups is 1. The van der Waals surface area contributed by atoms with Crippen LogP contribution in [-0.2, 0) is 0 Å². The lowest BCUT2D eigenvalue weighted by atomic mass is 10.2. The van der Waals surface area contributed by atoms with Gasteiger partial charge in [-0.1, -0.05) is 0 Å². The second kappa shape index (κ2) is 5.44. The number of anilines is 2. The van der Waals surface area contributed by atoms with Gasteiger partial charge in [0.05, 0.1) is 14.9 Å². The Morgan fingerprint density at radius 2 is 2.12 bits per heavy atom. The standard InChI is InChI=1S/C11H16FIN2S/c1-11(2,16-3)6-15-10-4-7(12)8(13)5-9(10)14/h4-5,15H,6,14H2,1-3H3. The molecule has 5 heteroatoms. The molecule has 0 bridgehead atoms. The summed E-state index contributed by atoms with van der Waals surface area (Å²) >= 11 is 3.69. The molecule has 0 atom stereocenters. The molecule has 0 saturated carbocycles. The third-order valence-electron chi connectivity index (χ3n) is 2.35. The zero-order valence-electron chi connectivity index (χ0n) is 9.60. The van der Waals surface area contributed by atoms with E-state index in [0.717, 1.165) is 6.54 Å². The first kappa shape index (κ1) is 13.9. The lowest BCUT2D eigenvalue weighted by Gasteiger charge is -2.23. The zero-order valence-corrected chi connectivity index (χ0v) is 12.6. The van der Waals surface area contributed by atoms with Gasteiger partial charge in [0.15, 0.2) is 0 Å². The predicted molar refractivity (Wildman–Crippen MR) is 79.6 cm³/mol. The Labute approximate surface area is 114 Å². The highest BCUT2D eigenvalue weighted by molar-refractivity contribution is 14.1. The fraction of sp³-hybridized carbons (Fsp3) is 0.455. The summed E-state index contributed by atoms with van der Waals surface area (Å²) in [6, 6.07) is 3.10. The lowest BCUT2D eigenvalue weighted by molar-refractivity contribution is 0.620. The maximum Gasteiger partial charge on any atom is 0.138 e. The van der Waals surface area contributed by atoms with Gasteiger partial charge in [-0.05, 0) is 48.8 Å². The van der Waals surface area contributed by atoms with Gasteiger partial charge < -0.3 is 11.1 Å². The van der Waals surface area contributed by atoms with E-state index < -0.39 is 0 Å². The van der Waals surface area contributed by atoms with Gasteiger partial charge in [0, 0.05) is 17.4 Å². The van der Waals surface area contributed by atoms with E-state index in [1.165, 1.54) is 6.07 Å². The molecule has 2 nitrogen and oxygen atoms in total. The monoisotopic (exact) mass is 354 g/mol. The average Bonchev–Trinajstić information content (AvgIpc) is 2.22. The van der Waals surface area contributed by atoms with Gasteiger partial charge in [-0.2, -0.15) is 11.8 Å². The molecule has 0 unspecified atom stereocenters. The summed E-state index contributed by atoms with van der Waals surface area (Å²) in [4.78, 5) is 0. The van der Waals surface area contributed by atoms with Crippen molar-refractivity contribution < 1.29 is 4.39 Å². The van der Waals surface area contributed by atoms with Crippen molar-refractivity contribution in [3.8, 4) is 0 Å². The fourth-order valence-corrected chi connectivity index (χ4v) is 1.80. The summed E-state index contributed by atoms with van der Waals surface area (Å²) < 4.78 is 14.0. The van der Waals surface area contributed by atoms with Crippen LogP contribution in [0, 0.1) is 9.39 Å². The number of benzene rings is 1. The predicted octanol–water partition coefficient (Wildman–Crippen LogP) is 3.57. The minimum atomic E-state index is -0.237. The van der Waals surface area contributed by atoms with E-state index in [1.807, 2.05) is 22.6 Å². The third-order valence-corrected chi connectivity index (χ3v) is 4.43. The number of nitrogens with one attached hydrogen (secondary N) is 1. The van der Waals surface area contributed by atoms with Gasteiger partial charge in [-0.25, -0.2) is 4.39 Å². The normalized spacial score (nSPS) is 11.6. The van der Waals surface area contributed by atoms with Crippen LogP contribution in [-0.4, -0.2) is 17.5 Å². The summed E-state index contributed by atoms with van der Waals surface area (Å²) in [5, 5.41) is 3.18. The largest absolute Gasteiger partial charge is 0.397 e. The first-order valence-electron chi connectivity index (χ1n) is 4.89. The highest BCUT2D eigenvalue weighted by Gasteiger charge is 2.16. The average molecular weight is 354 g/mol. The molecule has 1 rings (SSSR count). The van der Waals surface area contributed by atoms with Crippen molar-refractivity contribution >= 4 is 45.7 Å². The first-order valence-corrected chi connectivity index (χ1v) is 7.19. The van der Waals surface area contributed by atoms with Crippen molar-refractivity contribution in [3.63, 3.8) is 0 Å². The van der Waals surface area contributed by atoms with Crippen LogP contribution >= 0.6 is 34.4 Å². The second-order valence-corrected chi connectivity index (χ2v) is 6.85. The molecule has 0 radical (unpaired) electrons. The molecule has 0 aliphatic heterocycles. The Morgan fingerprint density at radius 3 is 2.69 bits per heavy atom. The molecule has 1 aromatic rings. The molecule has 0 spiro atoms. The van der Waals surface area contributed by atoms with E-state index in [-0.39, 0.29) is 10.6 Å². The van der Waals surface area contributed by atoms with Crippen LogP contribution < -0.4 is 11.1 Å². The molecule has 3 N–H and O–H groups in total. The van der Waals surface area contributed by atoms with E-state index in [1.54, 1.807) is 17.8 Å². The van der Waals surface area contributed by atoms with Crippen molar-refractivity contribution in [3.05, 3.63) is 21.5 Å². The molecule has 0 aromatic heterocycles. The van der Waals surface area contributed by atoms with Crippen molar-refractivity contribution in [1.29, 1.82) is 0 Å². The summed E-state index contributed by atoms with van der Waals surface area (Å²) in [6.45, 7) is 5.01.